The second kappa shape index (κ2) is 9.79. The fourth-order valence-corrected chi connectivity index (χ4v) is 3.73. The van der Waals surface area contributed by atoms with Crippen LogP contribution in [0.3, 0.4) is 0 Å². The fraction of sp³-hybridized carbons (Fsp3) is 0.444. The molecule has 0 atom stereocenters. The van der Waals surface area contributed by atoms with Gasteiger partial charge in [0.1, 0.15) is 5.82 Å². The summed E-state index contributed by atoms with van der Waals surface area (Å²) < 4.78 is 31.7. The van der Waals surface area contributed by atoms with Gasteiger partial charge in [-0.3, -0.25) is 4.90 Å². The summed E-state index contributed by atoms with van der Waals surface area (Å²) in [6.07, 6.45) is -0.216. The van der Waals surface area contributed by atoms with E-state index in [9.17, 15) is 18.0 Å². The lowest BCUT2D eigenvalue weighted by Gasteiger charge is -2.31. The second-order valence-corrected chi connectivity index (χ2v) is 7.52. The number of thiophene rings is 1. The summed E-state index contributed by atoms with van der Waals surface area (Å²) in [6, 6.07) is 2.17. The van der Waals surface area contributed by atoms with E-state index < -0.39 is 18.1 Å². The van der Waals surface area contributed by atoms with E-state index in [-0.39, 0.29) is 5.56 Å². The number of alkyl halides is 3. The Balaban J connectivity index is 0.000000370. The number of hydrogen-bond donors (Lipinski definition) is 2. The van der Waals surface area contributed by atoms with E-state index in [0.29, 0.717) is 5.92 Å². The highest BCUT2D eigenvalue weighted by Gasteiger charge is 2.38. The van der Waals surface area contributed by atoms with Crippen molar-refractivity contribution >= 4 is 23.3 Å². The van der Waals surface area contributed by atoms with Crippen LogP contribution in [0.15, 0.2) is 23.8 Å². The third-order valence-corrected chi connectivity index (χ3v) is 5.46. The van der Waals surface area contributed by atoms with E-state index in [0.717, 1.165) is 38.3 Å². The Bertz CT molecular complexity index is 832. The number of carbonyl (C=O) groups is 2. The summed E-state index contributed by atoms with van der Waals surface area (Å²) in [5, 5.41) is 18.2. The molecule has 1 saturated heterocycles. The molecule has 0 aromatic carbocycles. The quantitative estimate of drug-likeness (QED) is 0.763. The lowest BCUT2D eigenvalue weighted by Crippen LogP contribution is -2.32. The van der Waals surface area contributed by atoms with Crippen LogP contribution in [0.2, 0.25) is 0 Å². The van der Waals surface area contributed by atoms with E-state index in [2.05, 4.69) is 33.2 Å². The lowest BCUT2D eigenvalue weighted by atomic mass is 9.96. The molecule has 29 heavy (non-hydrogen) atoms. The van der Waals surface area contributed by atoms with Crippen molar-refractivity contribution in [3.63, 3.8) is 0 Å². The molecular weight excluding hydrogens is 411 g/mol. The topological polar surface area (TPSA) is 104 Å². The van der Waals surface area contributed by atoms with Gasteiger partial charge in [0, 0.05) is 29.7 Å². The number of piperidine rings is 1. The van der Waals surface area contributed by atoms with Crippen LogP contribution < -0.4 is 0 Å². The third kappa shape index (κ3) is 6.79. The number of aromatic nitrogens is 2. The number of aliphatic carboxylic acids is 1. The molecule has 158 valence electrons. The largest absolute Gasteiger partial charge is 0.490 e. The van der Waals surface area contributed by atoms with E-state index in [1.165, 1.54) is 22.8 Å². The summed E-state index contributed by atoms with van der Waals surface area (Å²) in [7, 11) is 0. The Morgan fingerprint density at radius 3 is 2.17 bits per heavy atom. The van der Waals surface area contributed by atoms with Crippen LogP contribution in [0.1, 0.15) is 45.4 Å². The molecule has 11 heteroatoms. The van der Waals surface area contributed by atoms with Gasteiger partial charge in [-0.15, -0.1) is 11.3 Å². The maximum absolute atomic E-state index is 10.8. The average molecular weight is 431 g/mol. The smallest absolute Gasteiger partial charge is 0.478 e. The maximum Gasteiger partial charge on any atom is 0.490 e. The molecule has 1 aliphatic rings. The highest BCUT2D eigenvalue weighted by atomic mass is 32.1. The summed E-state index contributed by atoms with van der Waals surface area (Å²) >= 11 is 1.82. The molecule has 3 rings (SSSR count). The first-order valence-electron chi connectivity index (χ1n) is 8.68. The third-order valence-electron chi connectivity index (χ3n) is 4.45. The molecule has 7 nitrogen and oxygen atoms in total. The molecule has 0 radical (unpaired) electrons. The second-order valence-electron chi connectivity index (χ2n) is 6.52. The number of nitrogens with zero attached hydrogens (tertiary/aromatic N) is 3. The minimum atomic E-state index is -5.08. The molecule has 0 unspecified atom stereocenters. The van der Waals surface area contributed by atoms with Crippen molar-refractivity contribution in [2.75, 3.05) is 13.1 Å². The number of carboxylic acid groups (broad SMARTS) is 2. The Morgan fingerprint density at radius 1 is 1.21 bits per heavy atom. The van der Waals surface area contributed by atoms with Crippen molar-refractivity contribution in [1.82, 2.24) is 14.9 Å². The van der Waals surface area contributed by atoms with Crippen LogP contribution in [0.25, 0.3) is 0 Å². The van der Waals surface area contributed by atoms with Crippen LogP contribution >= 0.6 is 11.3 Å². The van der Waals surface area contributed by atoms with Crippen LogP contribution in [0, 0.1) is 6.92 Å². The van der Waals surface area contributed by atoms with Gasteiger partial charge in [-0.25, -0.2) is 19.6 Å². The van der Waals surface area contributed by atoms with E-state index >= 15 is 0 Å². The number of aryl methyl sites for hydroxylation is 1. The Hall–Kier alpha value is -2.53. The predicted molar refractivity (Wildman–Crippen MR) is 99.0 cm³/mol. The van der Waals surface area contributed by atoms with Gasteiger partial charge in [-0.05, 0) is 49.9 Å². The van der Waals surface area contributed by atoms with Gasteiger partial charge in [-0.2, -0.15) is 13.2 Å². The zero-order valence-electron chi connectivity index (χ0n) is 15.5. The van der Waals surface area contributed by atoms with Gasteiger partial charge < -0.3 is 10.2 Å². The average Bonchev–Trinajstić information content (AvgIpc) is 3.07. The number of rotatable bonds is 4. The standard InChI is InChI=1S/C16H19N3O2S.C2HF3O2/c1-11-4-7-22-14(11)10-19-5-2-12(3-6-19)15-17-8-13(9-18-15)16(20)21;3-2(4,5)1(6)7/h4,7-9,12H,2-3,5-6,10H2,1H3,(H,20,21);(H,6,7). The molecule has 2 aromatic rings. The molecule has 0 amide bonds. The summed E-state index contributed by atoms with van der Waals surface area (Å²) in [5.74, 6) is -2.62. The molecule has 2 aromatic heterocycles. The molecule has 3 heterocycles. The number of hydrogen-bond acceptors (Lipinski definition) is 6. The molecule has 2 N–H and O–H groups in total. The summed E-state index contributed by atoms with van der Waals surface area (Å²) in [6.45, 7) is 5.25. The Kier molecular flexibility index (Phi) is 7.68. The van der Waals surface area contributed by atoms with E-state index in [1.807, 2.05) is 11.3 Å². The van der Waals surface area contributed by atoms with E-state index in [1.54, 1.807) is 0 Å². The van der Waals surface area contributed by atoms with Crippen molar-refractivity contribution in [1.29, 1.82) is 0 Å². The predicted octanol–water partition coefficient (Wildman–Crippen LogP) is 3.56. The minimum Gasteiger partial charge on any atom is -0.478 e. The van der Waals surface area contributed by atoms with Crippen LogP contribution in [-0.4, -0.2) is 56.3 Å². The highest BCUT2D eigenvalue weighted by Crippen LogP contribution is 2.27. The van der Waals surface area contributed by atoms with Crippen molar-refractivity contribution in [2.45, 2.75) is 38.4 Å². The van der Waals surface area contributed by atoms with Crippen molar-refractivity contribution < 1.29 is 33.0 Å². The van der Waals surface area contributed by atoms with Gasteiger partial charge in [0.25, 0.3) is 0 Å². The van der Waals surface area contributed by atoms with Crippen LogP contribution in [-0.2, 0) is 11.3 Å². The SMILES string of the molecule is Cc1ccsc1CN1CCC(c2ncc(C(=O)O)cn2)CC1.O=C(O)C(F)(F)F. The molecule has 0 spiro atoms. The zero-order valence-corrected chi connectivity index (χ0v) is 16.3. The van der Waals surface area contributed by atoms with Crippen molar-refractivity contribution in [2.24, 2.45) is 0 Å². The zero-order chi connectivity index (χ0) is 21.6. The van der Waals surface area contributed by atoms with Crippen LogP contribution in [0.4, 0.5) is 13.2 Å². The number of likely N-dealkylation sites (tertiary alicyclic amines) is 1. The fourth-order valence-electron chi connectivity index (χ4n) is 2.78. The van der Waals surface area contributed by atoms with Gasteiger partial charge in [0.05, 0.1) is 5.56 Å². The van der Waals surface area contributed by atoms with Crippen LogP contribution in [0.5, 0.6) is 0 Å². The minimum absolute atomic E-state index is 0.148. The van der Waals surface area contributed by atoms with E-state index in [4.69, 9.17) is 15.0 Å². The van der Waals surface area contributed by atoms with Gasteiger partial charge in [-0.1, -0.05) is 0 Å². The highest BCUT2D eigenvalue weighted by molar-refractivity contribution is 7.10. The van der Waals surface area contributed by atoms with Gasteiger partial charge >= 0.3 is 18.1 Å². The Labute approximate surface area is 168 Å². The first-order chi connectivity index (χ1) is 13.6. The first-order valence-corrected chi connectivity index (χ1v) is 9.56. The molecule has 1 aliphatic heterocycles. The molecule has 0 aliphatic carbocycles. The molecule has 1 fully saturated rings. The molecule has 0 saturated carbocycles. The van der Waals surface area contributed by atoms with Crippen molar-refractivity contribution in [3.8, 4) is 0 Å². The summed E-state index contributed by atoms with van der Waals surface area (Å²) in [4.78, 5) is 32.1. The van der Waals surface area contributed by atoms with Crippen molar-refractivity contribution in [3.05, 3.63) is 45.7 Å². The Morgan fingerprint density at radius 2 is 1.76 bits per heavy atom. The van der Waals surface area contributed by atoms with Gasteiger partial charge in [0.2, 0.25) is 0 Å². The number of aromatic carboxylic acids is 1. The molecule has 0 bridgehead atoms. The number of carboxylic acids is 2. The first kappa shape index (κ1) is 22.8. The summed E-state index contributed by atoms with van der Waals surface area (Å²) in [5.41, 5.74) is 1.52. The lowest BCUT2D eigenvalue weighted by molar-refractivity contribution is -0.192. The maximum atomic E-state index is 10.8. The van der Waals surface area contributed by atoms with Gasteiger partial charge in [0.15, 0.2) is 0 Å². The normalized spacial score (nSPS) is 15.4. The monoisotopic (exact) mass is 431 g/mol. The number of halogens is 3. The molecular formula is C18H20F3N3O4S.